The number of carbonyl (C=O) groups is 1. The molecular weight excluding hydrogens is 222 g/mol. The lowest BCUT2D eigenvalue weighted by molar-refractivity contribution is -0.121. The Bertz CT molecular complexity index is 449. The largest absolute Gasteiger partial charge is 0.476 e. The van der Waals surface area contributed by atoms with Gasteiger partial charge in [0, 0.05) is 13.0 Å². The van der Waals surface area contributed by atoms with Crippen molar-refractivity contribution in [3.05, 3.63) is 5.82 Å². The van der Waals surface area contributed by atoms with E-state index < -0.39 is 0 Å². The number of fused-ring (bicyclic) bond motifs is 1. The molecule has 92 valence electrons. The van der Waals surface area contributed by atoms with E-state index in [-0.39, 0.29) is 12.5 Å². The van der Waals surface area contributed by atoms with Gasteiger partial charge >= 0.3 is 0 Å². The van der Waals surface area contributed by atoms with E-state index in [0.717, 1.165) is 0 Å². The van der Waals surface area contributed by atoms with Gasteiger partial charge in [-0.3, -0.25) is 9.69 Å². The topological polar surface area (TPSA) is 93.4 Å². The second-order valence-corrected chi connectivity index (χ2v) is 3.57. The summed E-state index contributed by atoms with van der Waals surface area (Å²) >= 11 is 0. The number of nitrogens with one attached hydrogen (secondary N) is 1. The number of carbonyl (C=O) groups excluding carboxylic acids is 1. The van der Waals surface area contributed by atoms with Crippen molar-refractivity contribution in [1.29, 1.82) is 0 Å². The molecule has 3 N–H and O–H groups in total. The van der Waals surface area contributed by atoms with Crippen molar-refractivity contribution in [3.8, 4) is 5.75 Å². The van der Waals surface area contributed by atoms with Crippen molar-refractivity contribution in [2.24, 2.45) is 5.84 Å². The Morgan fingerprint density at radius 3 is 2.82 bits per heavy atom. The van der Waals surface area contributed by atoms with E-state index in [1.54, 1.807) is 4.90 Å². The number of anilines is 2. The molecule has 0 aliphatic carbocycles. The Balaban J connectivity index is 2.56. The molecular formula is C10H15N5O2. The minimum atomic E-state index is -0.108. The molecule has 1 amide bonds. The number of hydrogen-bond donors (Lipinski definition) is 2. The lowest BCUT2D eigenvalue weighted by Crippen LogP contribution is -2.40. The molecule has 0 unspecified atom stereocenters. The zero-order valence-corrected chi connectivity index (χ0v) is 9.86. The molecule has 2 rings (SSSR count). The van der Waals surface area contributed by atoms with E-state index in [2.05, 4.69) is 15.4 Å². The number of nitrogen functional groups attached to an aromatic ring is 1. The maximum Gasteiger partial charge on any atom is 0.266 e. The molecule has 7 nitrogen and oxygen atoms in total. The fraction of sp³-hybridized carbons (Fsp3) is 0.500. The third-order valence-electron chi connectivity index (χ3n) is 2.56. The lowest BCUT2D eigenvalue weighted by Gasteiger charge is -2.28. The molecule has 0 saturated carbocycles. The molecule has 1 aliphatic heterocycles. The van der Waals surface area contributed by atoms with E-state index in [9.17, 15) is 4.79 Å². The molecule has 1 aliphatic rings. The van der Waals surface area contributed by atoms with Crippen LogP contribution in [0.1, 0.15) is 19.7 Å². The SMILES string of the molecule is CCc1nc(NN)c2c(n1)N(CC)C(=O)CO2. The first-order valence-electron chi connectivity index (χ1n) is 5.51. The number of ether oxygens (including phenoxy) is 1. The molecule has 1 aromatic rings. The van der Waals surface area contributed by atoms with Gasteiger partial charge in [0.1, 0.15) is 5.82 Å². The van der Waals surface area contributed by atoms with Gasteiger partial charge in [-0.15, -0.1) is 0 Å². The fourth-order valence-electron chi connectivity index (χ4n) is 1.71. The zero-order chi connectivity index (χ0) is 12.4. The number of hydrogen-bond acceptors (Lipinski definition) is 6. The summed E-state index contributed by atoms with van der Waals surface area (Å²) < 4.78 is 5.33. The predicted molar refractivity (Wildman–Crippen MR) is 62.7 cm³/mol. The summed E-state index contributed by atoms with van der Waals surface area (Å²) in [5, 5.41) is 0. The van der Waals surface area contributed by atoms with Gasteiger partial charge in [-0.1, -0.05) is 6.92 Å². The third-order valence-corrected chi connectivity index (χ3v) is 2.56. The van der Waals surface area contributed by atoms with Crippen molar-refractivity contribution in [2.45, 2.75) is 20.3 Å². The minimum absolute atomic E-state index is 0.00957. The molecule has 0 radical (unpaired) electrons. The van der Waals surface area contributed by atoms with Crippen LogP contribution in [0.4, 0.5) is 11.6 Å². The van der Waals surface area contributed by atoms with E-state index in [4.69, 9.17) is 10.6 Å². The van der Waals surface area contributed by atoms with Crippen LogP contribution in [0, 0.1) is 0 Å². The van der Waals surface area contributed by atoms with Crippen LogP contribution in [-0.4, -0.2) is 29.0 Å². The molecule has 0 bridgehead atoms. The van der Waals surface area contributed by atoms with E-state index in [1.165, 1.54) is 0 Å². The lowest BCUT2D eigenvalue weighted by atomic mass is 10.3. The summed E-state index contributed by atoms with van der Waals surface area (Å²) in [4.78, 5) is 21.8. The average Bonchev–Trinajstić information content (AvgIpc) is 2.37. The Hall–Kier alpha value is -1.89. The fourth-order valence-corrected chi connectivity index (χ4v) is 1.71. The number of nitrogens with two attached hydrogens (primary N) is 1. The van der Waals surface area contributed by atoms with Crippen LogP contribution >= 0.6 is 0 Å². The highest BCUT2D eigenvalue weighted by molar-refractivity contribution is 5.97. The highest BCUT2D eigenvalue weighted by atomic mass is 16.5. The van der Waals surface area contributed by atoms with Crippen LogP contribution in [0.25, 0.3) is 0 Å². The minimum Gasteiger partial charge on any atom is -0.476 e. The molecule has 2 heterocycles. The van der Waals surface area contributed by atoms with Crippen LogP contribution in [0.3, 0.4) is 0 Å². The molecule has 7 heteroatoms. The number of rotatable bonds is 3. The Morgan fingerprint density at radius 2 is 2.24 bits per heavy atom. The van der Waals surface area contributed by atoms with Crippen LogP contribution < -0.4 is 20.9 Å². The van der Waals surface area contributed by atoms with Gasteiger partial charge in [0.25, 0.3) is 5.91 Å². The van der Waals surface area contributed by atoms with Crippen molar-refractivity contribution in [3.63, 3.8) is 0 Å². The molecule has 0 aromatic carbocycles. The summed E-state index contributed by atoms with van der Waals surface area (Å²) in [6, 6.07) is 0. The normalized spacial score (nSPS) is 14.3. The molecule has 0 atom stereocenters. The van der Waals surface area contributed by atoms with Gasteiger partial charge in [-0.2, -0.15) is 0 Å². The van der Waals surface area contributed by atoms with Gasteiger partial charge < -0.3 is 10.2 Å². The average molecular weight is 237 g/mol. The molecule has 0 spiro atoms. The molecule has 0 saturated heterocycles. The summed E-state index contributed by atoms with van der Waals surface area (Å²) in [5.41, 5.74) is 2.48. The van der Waals surface area contributed by atoms with Crippen LogP contribution in [-0.2, 0) is 11.2 Å². The number of aryl methyl sites for hydroxylation is 1. The maximum absolute atomic E-state index is 11.7. The quantitative estimate of drug-likeness (QED) is 0.570. The second-order valence-electron chi connectivity index (χ2n) is 3.57. The Kier molecular flexibility index (Phi) is 3.10. The third kappa shape index (κ3) is 1.89. The zero-order valence-electron chi connectivity index (χ0n) is 9.86. The van der Waals surface area contributed by atoms with E-state index in [1.807, 2.05) is 13.8 Å². The monoisotopic (exact) mass is 237 g/mol. The standard InChI is InChI=1S/C10H15N5O2/c1-3-6-12-9(14-11)8-10(13-6)15(4-2)7(16)5-17-8/h3-5,11H2,1-2H3,(H,12,13,14). The predicted octanol–water partition coefficient (Wildman–Crippen LogP) is 0.0699. The number of nitrogens with zero attached hydrogens (tertiary/aromatic N) is 3. The van der Waals surface area contributed by atoms with E-state index >= 15 is 0 Å². The number of likely N-dealkylation sites (N-methyl/N-ethyl adjacent to an activating group) is 1. The summed E-state index contributed by atoms with van der Waals surface area (Å²) in [5.74, 6) is 7.25. The first kappa shape index (κ1) is 11.6. The van der Waals surface area contributed by atoms with Gasteiger partial charge in [0.2, 0.25) is 5.75 Å². The second kappa shape index (κ2) is 4.54. The summed E-state index contributed by atoms with van der Waals surface area (Å²) in [6.45, 7) is 4.35. The van der Waals surface area contributed by atoms with Crippen molar-refractivity contribution >= 4 is 17.5 Å². The van der Waals surface area contributed by atoms with Crippen molar-refractivity contribution in [1.82, 2.24) is 9.97 Å². The van der Waals surface area contributed by atoms with Gasteiger partial charge in [-0.05, 0) is 6.92 Å². The Labute approximate surface area is 98.9 Å². The molecule has 1 aromatic heterocycles. The smallest absolute Gasteiger partial charge is 0.266 e. The van der Waals surface area contributed by atoms with Crippen molar-refractivity contribution in [2.75, 3.05) is 23.5 Å². The van der Waals surface area contributed by atoms with Gasteiger partial charge in [-0.25, -0.2) is 15.8 Å². The first-order chi connectivity index (χ1) is 8.21. The molecule has 0 fully saturated rings. The van der Waals surface area contributed by atoms with Gasteiger partial charge in [0.15, 0.2) is 18.2 Å². The summed E-state index contributed by atoms with van der Waals surface area (Å²) in [7, 11) is 0. The number of aromatic nitrogens is 2. The number of hydrazine groups is 1. The highest BCUT2D eigenvalue weighted by Gasteiger charge is 2.29. The molecule has 17 heavy (non-hydrogen) atoms. The summed E-state index contributed by atoms with van der Waals surface area (Å²) in [6.07, 6.45) is 0.660. The van der Waals surface area contributed by atoms with Crippen molar-refractivity contribution < 1.29 is 9.53 Å². The van der Waals surface area contributed by atoms with Crippen LogP contribution in [0.5, 0.6) is 5.75 Å². The maximum atomic E-state index is 11.7. The van der Waals surface area contributed by atoms with Crippen LogP contribution in [0.15, 0.2) is 0 Å². The van der Waals surface area contributed by atoms with Crippen LogP contribution in [0.2, 0.25) is 0 Å². The number of amides is 1. The van der Waals surface area contributed by atoms with E-state index in [0.29, 0.717) is 36.2 Å². The van der Waals surface area contributed by atoms with Gasteiger partial charge in [0.05, 0.1) is 0 Å². The first-order valence-corrected chi connectivity index (χ1v) is 5.51. The highest BCUT2D eigenvalue weighted by Crippen LogP contribution is 2.35. The Morgan fingerprint density at radius 1 is 1.47 bits per heavy atom.